The number of hydrogen-bond acceptors (Lipinski definition) is 4. The largest absolute Gasteiger partial charge is 0.348 e. The number of halogens is 1. The quantitative estimate of drug-likeness (QED) is 0.660. The highest BCUT2D eigenvalue weighted by molar-refractivity contribution is 7.89. The molecule has 8 heteroatoms. The predicted molar refractivity (Wildman–Crippen MR) is 115 cm³/mol. The van der Waals surface area contributed by atoms with E-state index >= 15 is 0 Å². The molecule has 0 aliphatic carbocycles. The van der Waals surface area contributed by atoms with Crippen LogP contribution >= 0.6 is 12.4 Å². The highest BCUT2D eigenvalue weighted by Crippen LogP contribution is 2.26. The SMILES string of the molecule is CCCCC(CN)NC(=O)c1cc(S(=O)(=O)N2CCCCC2C)ccc1C.Cl. The van der Waals surface area contributed by atoms with E-state index in [1.165, 1.54) is 6.07 Å². The van der Waals surface area contributed by atoms with Crippen molar-refractivity contribution in [1.82, 2.24) is 9.62 Å². The summed E-state index contributed by atoms with van der Waals surface area (Å²) >= 11 is 0. The van der Waals surface area contributed by atoms with Crippen LogP contribution in [0.5, 0.6) is 0 Å². The molecule has 1 aliphatic rings. The molecule has 1 aromatic carbocycles. The molecule has 1 heterocycles. The Morgan fingerprint density at radius 3 is 2.68 bits per heavy atom. The first-order valence-corrected chi connectivity index (χ1v) is 11.4. The minimum atomic E-state index is -3.60. The van der Waals surface area contributed by atoms with Gasteiger partial charge in [-0.05, 0) is 50.8 Å². The summed E-state index contributed by atoms with van der Waals surface area (Å²) < 4.78 is 27.7. The average molecular weight is 432 g/mol. The molecule has 1 aromatic rings. The maximum absolute atomic E-state index is 13.1. The summed E-state index contributed by atoms with van der Waals surface area (Å²) in [5.74, 6) is -0.261. The van der Waals surface area contributed by atoms with E-state index in [-0.39, 0.29) is 35.3 Å². The smallest absolute Gasteiger partial charge is 0.251 e. The van der Waals surface area contributed by atoms with Gasteiger partial charge in [-0.1, -0.05) is 32.3 Å². The second-order valence-corrected chi connectivity index (χ2v) is 9.38. The second kappa shape index (κ2) is 11.1. The molecular formula is C20H34ClN3O3S. The summed E-state index contributed by atoms with van der Waals surface area (Å²) in [7, 11) is -3.60. The van der Waals surface area contributed by atoms with E-state index in [1.54, 1.807) is 16.4 Å². The molecule has 3 N–H and O–H groups in total. The Kier molecular flexibility index (Phi) is 9.90. The van der Waals surface area contributed by atoms with Crippen molar-refractivity contribution >= 4 is 28.3 Å². The topological polar surface area (TPSA) is 92.5 Å². The molecule has 1 fully saturated rings. The van der Waals surface area contributed by atoms with Gasteiger partial charge in [0.2, 0.25) is 10.0 Å². The van der Waals surface area contributed by atoms with Gasteiger partial charge in [0.15, 0.2) is 0 Å². The summed E-state index contributed by atoms with van der Waals surface area (Å²) in [5, 5.41) is 2.95. The lowest BCUT2D eigenvalue weighted by Gasteiger charge is -2.32. The number of piperidine rings is 1. The van der Waals surface area contributed by atoms with Crippen molar-refractivity contribution in [2.45, 2.75) is 76.3 Å². The van der Waals surface area contributed by atoms with Crippen LogP contribution in [0.2, 0.25) is 0 Å². The van der Waals surface area contributed by atoms with Crippen LogP contribution < -0.4 is 11.1 Å². The monoisotopic (exact) mass is 431 g/mol. The number of carbonyl (C=O) groups excluding carboxylic acids is 1. The molecule has 6 nitrogen and oxygen atoms in total. The molecule has 1 aliphatic heterocycles. The number of carbonyl (C=O) groups is 1. The maximum Gasteiger partial charge on any atom is 0.251 e. The fourth-order valence-corrected chi connectivity index (χ4v) is 5.26. The Morgan fingerprint density at radius 2 is 2.07 bits per heavy atom. The lowest BCUT2D eigenvalue weighted by atomic mass is 10.1. The third kappa shape index (κ3) is 5.92. The molecule has 160 valence electrons. The van der Waals surface area contributed by atoms with E-state index in [1.807, 2.05) is 13.8 Å². The Balaban J connectivity index is 0.00000392. The number of aryl methyl sites for hydroxylation is 1. The number of unbranched alkanes of at least 4 members (excludes halogenated alkanes) is 1. The standard InChI is InChI=1S/C20H33N3O3S.ClH/c1-4-5-9-17(14-21)22-20(24)19-13-18(11-10-15(19)2)27(25,26)23-12-7-6-8-16(23)3;/h10-11,13,16-17H,4-9,12,14,21H2,1-3H3,(H,22,24);1H. The number of rotatable bonds is 8. The van der Waals surface area contributed by atoms with Gasteiger partial charge in [-0.2, -0.15) is 4.31 Å². The van der Waals surface area contributed by atoms with Crippen LogP contribution in [0, 0.1) is 6.92 Å². The Morgan fingerprint density at radius 1 is 1.36 bits per heavy atom. The normalized spacial score (nSPS) is 18.9. The molecule has 28 heavy (non-hydrogen) atoms. The van der Waals surface area contributed by atoms with E-state index in [0.717, 1.165) is 44.1 Å². The van der Waals surface area contributed by atoms with E-state index in [9.17, 15) is 13.2 Å². The zero-order valence-corrected chi connectivity index (χ0v) is 18.7. The van der Waals surface area contributed by atoms with Crippen LogP contribution in [0.4, 0.5) is 0 Å². The van der Waals surface area contributed by atoms with Crippen LogP contribution in [0.15, 0.2) is 23.1 Å². The summed E-state index contributed by atoms with van der Waals surface area (Å²) in [5.41, 5.74) is 6.93. The fourth-order valence-electron chi connectivity index (χ4n) is 3.53. The zero-order chi connectivity index (χ0) is 20.0. The first-order chi connectivity index (χ1) is 12.8. The number of hydrogen-bond donors (Lipinski definition) is 2. The Hall–Kier alpha value is -1.15. The highest BCUT2D eigenvalue weighted by atomic mass is 35.5. The fraction of sp³-hybridized carbons (Fsp3) is 0.650. The van der Waals surface area contributed by atoms with Crippen molar-refractivity contribution in [3.05, 3.63) is 29.3 Å². The van der Waals surface area contributed by atoms with E-state index < -0.39 is 10.0 Å². The van der Waals surface area contributed by atoms with Gasteiger partial charge in [-0.25, -0.2) is 8.42 Å². The number of nitrogens with one attached hydrogen (secondary N) is 1. The predicted octanol–water partition coefficient (Wildman–Crippen LogP) is 3.23. The molecule has 0 spiro atoms. The average Bonchev–Trinajstić information content (AvgIpc) is 2.65. The molecule has 2 unspecified atom stereocenters. The number of amides is 1. The van der Waals surface area contributed by atoms with Gasteiger partial charge in [-0.15, -0.1) is 12.4 Å². The first-order valence-electron chi connectivity index (χ1n) is 9.94. The first kappa shape index (κ1) is 24.9. The van der Waals surface area contributed by atoms with Crippen molar-refractivity contribution in [3.8, 4) is 0 Å². The molecule has 0 radical (unpaired) electrons. The minimum absolute atomic E-state index is 0. The number of nitrogens with two attached hydrogens (primary N) is 1. The van der Waals surface area contributed by atoms with E-state index in [4.69, 9.17) is 5.73 Å². The molecule has 2 atom stereocenters. The lowest BCUT2D eigenvalue weighted by Crippen LogP contribution is -2.42. The summed E-state index contributed by atoms with van der Waals surface area (Å²) in [4.78, 5) is 12.9. The van der Waals surface area contributed by atoms with Crippen LogP contribution in [0.3, 0.4) is 0 Å². The Labute approximate surface area is 175 Å². The van der Waals surface area contributed by atoms with Crippen molar-refractivity contribution in [2.75, 3.05) is 13.1 Å². The third-order valence-corrected chi connectivity index (χ3v) is 7.34. The molecule has 0 aromatic heterocycles. The van der Waals surface area contributed by atoms with Crippen LogP contribution in [-0.2, 0) is 10.0 Å². The molecule has 1 amide bonds. The summed E-state index contributed by atoms with van der Waals surface area (Å²) in [6, 6.07) is 4.70. The van der Waals surface area contributed by atoms with Gasteiger partial charge >= 0.3 is 0 Å². The second-order valence-electron chi connectivity index (χ2n) is 7.49. The highest BCUT2D eigenvalue weighted by Gasteiger charge is 2.31. The third-order valence-electron chi connectivity index (χ3n) is 5.33. The summed E-state index contributed by atoms with van der Waals surface area (Å²) in [6.07, 6.45) is 5.63. The Bertz CT molecular complexity index is 755. The van der Waals surface area contributed by atoms with Crippen molar-refractivity contribution in [3.63, 3.8) is 0 Å². The van der Waals surface area contributed by atoms with Crippen molar-refractivity contribution in [2.24, 2.45) is 5.73 Å². The molecule has 0 saturated carbocycles. The van der Waals surface area contributed by atoms with Crippen molar-refractivity contribution < 1.29 is 13.2 Å². The minimum Gasteiger partial charge on any atom is -0.348 e. The van der Waals surface area contributed by atoms with Gasteiger partial charge in [0.05, 0.1) is 4.90 Å². The number of nitrogens with zero attached hydrogens (tertiary/aromatic N) is 1. The van der Waals surface area contributed by atoms with Crippen LogP contribution in [-0.4, -0.2) is 43.8 Å². The molecule has 0 bridgehead atoms. The van der Waals surface area contributed by atoms with Gasteiger partial charge in [-0.3, -0.25) is 4.79 Å². The number of sulfonamides is 1. The summed E-state index contributed by atoms with van der Waals surface area (Å²) in [6.45, 7) is 6.76. The molecule has 2 rings (SSSR count). The van der Waals surface area contributed by atoms with Gasteiger partial charge in [0.1, 0.15) is 0 Å². The number of benzene rings is 1. The molecular weight excluding hydrogens is 398 g/mol. The lowest BCUT2D eigenvalue weighted by molar-refractivity contribution is 0.0935. The van der Waals surface area contributed by atoms with Gasteiger partial charge < -0.3 is 11.1 Å². The maximum atomic E-state index is 13.1. The van der Waals surface area contributed by atoms with E-state index in [2.05, 4.69) is 12.2 Å². The van der Waals surface area contributed by atoms with Gasteiger partial charge in [0.25, 0.3) is 5.91 Å². The van der Waals surface area contributed by atoms with Gasteiger partial charge in [0, 0.05) is 30.7 Å². The van der Waals surface area contributed by atoms with Crippen LogP contribution in [0.25, 0.3) is 0 Å². The zero-order valence-electron chi connectivity index (χ0n) is 17.1. The van der Waals surface area contributed by atoms with E-state index in [0.29, 0.717) is 18.7 Å². The van der Waals surface area contributed by atoms with Crippen molar-refractivity contribution in [1.29, 1.82) is 0 Å². The molecule has 1 saturated heterocycles. The van der Waals surface area contributed by atoms with Crippen LogP contribution in [0.1, 0.15) is 68.3 Å².